The molecule has 0 saturated carbocycles. The number of imidazole rings is 1. The molecule has 11 heteroatoms. The van der Waals surface area contributed by atoms with Gasteiger partial charge in [-0.05, 0) is 57.0 Å². The van der Waals surface area contributed by atoms with Crippen LogP contribution in [-0.2, 0) is 20.1 Å². The van der Waals surface area contributed by atoms with Crippen LogP contribution in [0, 0.1) is 5.92 Å². The van der Waals surface area contributed by atoms with E-state index in [4.69, 9.17) is 9.72 Å². The average molecular weight is 559 g/mol. The summed E-state index contributed by atoms with van der Waals surface area (Å²) in [6.45, 7) is 10.0. The summed E-state index contributed by atoms with van der Waals surface area (Å²) >= 11 is 0. The topological polar surface area (TPSA) is 102 Å². The standard InChI is InChI=1S/C30H38N8O3/c1-5-38-29-24(17-31-38)23-15-21(19-35(4)28(23)40)27(39)33-30-32-25-9-8-22(36-12-10-34(3)11-13-36)16-26(25)37(30)18-20(2)7-6-14-41-29/h8-9,15-17,19-20H,5-7,10-14,18H2,1-4H3,(H,32,33,39)/t20-/m1/s1. The SMILES string of the molecule is CCn1ncc2c1OCCC[C@@H](C)Cn1c(nc3ccc(N4CCN(C)CC4)cc31)NC(=O)c1cc-2c(=O)n(C)c1. The fourth-order valence-corrected chi connectivity index (χ4v) is 5.80. The molecule has 1 saturated heterocycles. The van der Waals surface area contributed by atoms with E-state index in [-0.39, 0.29) is 11.5 Å². The molecule has 2 bridgehead atoms. The maximum absolute atomic E-state index is 13.7. The van der Waals surface area contributed by atoms with Crippen molar-refractivity contribution >= 4 is 28.6 Å². The zero-order valence-electron chi connectivity index (χ0n) is 24.3. The van der Waals surface area contributed by atoms with E-state index in [1.807, 2.05) is 13.0 Å². The first-order valence-electron chi connectivity index (χ1n) is 14.5. The smallest absolute Gasteiger partial charge is 0.259 e. The quantitative estimate of drug-likeness (QED) is 0.402. The lowest BCUT2D eigenvalue weighted by atomic mass is 10.1. The van der Waals surface area contributed by atoms with Crippen molar-refractivity contribution in [1.29, 1.82) is 0 Å². The van der Waals surface area contributed by atoms with Crippen molar-refractivity contribution in [3.05, 3.63) is 52.6 Å². The number of amides is 1. The Morgan fingerprint density at radius 2 is 1.88 bits per heavy atom. The highest BCUT2D eigenvalue weighted by atomic mass is 16.5. The molecule has 216 valence electrons. The number of carbonyl (C=O) groups is 1. The van der Waals surface area contributed by atoms with E-state index < -0.39 is 0 Å². The van der Waals surface area contributed by atoms with Gasteiger partial charge in [0.1, 0.15) is 0 Å². The van der Waals surface area contributed by atoms with Crippen LogP contribution in [0.1, 0.15) is 37.0 Å². The van der Waals surface area contributed by atoms with Gasteiger partial charge in [0.25, 0.3) is 11.5 Å². The number of hydrogen-bond donors (Lipinski definition) is 1. The maximum atomic E-state index is 13.7. The van der Waals surface area contributed by atoms with Crippen LogP contribution in [0.5, 0.6) is 5.88 Å². The lowest BCUT2D eigenvalue weighted by Gasteiger charge is -2.34. The second-order valence-corrected chi connectivity index (χ2v) is 11.3. The molecule has 2 aliphatic rings. The van der Waals surface area contributed by atoms with Crippen LogP contribution in [0.4, 0.5) is 11.6 Å². The van der Waals surface area contributed by atoms with Gasteiger partial charge in [-0.25, -0.2) is 9.67 Å². The second kappa shape index (κ2) is 11.0. The summed E-state index contributed by atoms with van der Waals surface area (Å²) in [7, 11) is 3.81. The van der Waals surface area contributed by atoms with E-state index in [2.05, 4.69) is 50.9 Å². The van der Waals surface area contributed by atoms with Crippen molar-refractivity contribution in [2.45, 2.75) is 39.8 Å². The normalized spacial score (nSPS) is 18.7. The minimum absolute atomic E-state index is 0.219. The number of likely N-dealkylation sites (N-methyl/N-ethyl adjacent to an activating group) is 1. The number of ether oxygens (including phenoxy) is 1. The van der Waals surface area contributed by atoms with E-state index >= 15 is 0 Å². The first-order valence-corrected chi connectivity index (χ1v) is 14.5. The van der Waals surface area contributed by atoms with Crippen molar-refractivity contribution in [2.24, 2.45) is 13.0 Å². The van der Waals surface area contributed by atoms with Gasteiger partial charge < -0.3 is 23.7 Å². The van der Waals surface area contributed by atoms with Gasteiger partial charge in [-0.3, -0.25) is 14.9 Å². The number of hydrogen-bond acceptors (Lipinski definition) is 7. The van der Waals surface area contributed by atoms with Crippen LogP contribution >= 0.6 is 0 Å². The number of pyridine rings is 1. The summed E-state index contributed by atoms with van der Waals surface area (Å²) in [6.07, 6.45) is 4.98. The predicted molar refractivity (Wildman–Crippen MR) is 160 cm³/mol. The van der Waals surface area contributed by atoms with Crippen molar-refractivity contribution in [3.8, 4) is 17.0 Å². The molecule has 0 spiro atoms. The highest BCUT2D eigenvalue weighted by Gasteiger charge is 2.23. The summed E-state index contributed by atoms with van der Waals surface area (Å²) in [5, 5.41) is 7.51. The summed E-state index contributed by atoms with van der Waals surface area (Å²) in [6, 6.07) is 7.99. The fourth-order valence-electron chi connectivity index (χ4n) is 5.80. The molecule has 1 N–H and O–H groups in total. The second-order valence-electron chi connectivity index (χ2n) is 11.3. The number of nitrogens with zero attached hydrogens (tertiary/aromatic N) is 7. The average Bonchev–Trinajstić information content (AvgIpc) is 3.52. The number of benzene rings is 1. The number of aromatic nitrogens is 5. The van der Waals surface area contributed by atoms with E-state index in [0.29, 0.717) is 54.1 Å². The van der Waals surface area contributed by atoms with Crippen LogP contribution in [0.2, 0.25) is 0 Å². The zero-order valence-corrected chi connectivity index (χ0v) is 24.3. The van der Waals surface area contributed by atoms with Crippen molar-refractivity contribution in [1.82, 2.24) is 28.8 Å². The van der Waals surface area contributed by atoms with E-state index in [1.54, 1.807) is 30.2 Å². The number of anilines is 2. The van der Waals surface area contributed by atoms with Gasteiger partial charge >= 0.3 is 0 Å². The molecular weight excluding hydrogens is 520 g/mol. The van der Waals surface area contributed by atoms with Crippen molar-refractivity contribution < 1.29 is 9.53 Å². The Morgan fingerprint density at radius 3 is 2.66 bits per heavy atom. The number of rotatable bonds is 2. The molecule has 1 aromatic carbocycles. The number of nitrogens with one attached hydrogen (secondary N) is 1. The number of aryl methyl sites for hydroxylation is 2. The molecule has 1 atom stereocenters. The van der Waals surface area contributed by atoms with Gasteiger partial charge in [-0.15, -0.1) is 0 Å². The van der Waals surface area contributed by atoms with Crippen LogP contribution in [0.15, 0.2) is 41.5 Å². The molecule has 5 heterocycles. The molecule has 2 aliphatic heterocycles. The highest BCUT2D eigenvalue weighted by molar-refractivity contribution is 6.04. The molecule has 3 aromatic heterocycles. The van der Waals surface area contributed by atoms with E-state index in [9.17, 15) is 9.59 Å². The monoisotopic (exact) mass is 558 g/mol. The third-order valence-electron chi connectivity index (χ3n) is 8.23. The van der Waals surface area contributed by atoms with Gasteiger partial charge in [0.15, 0.2) is 0 Å². The van der Waals surface area contributed by atoms with Crippen LogP contribution in [0.3, 0.4) is 0 Å². The van der Waals surface area contributed by atoms with Crippen molar-refractivity contribution in [3.63, 3.8) is 0 Å². The molecule has 0 radical (unpaired) electrons. The number of carbonyl (C=O) groups excluding carboxylic acids is 1. The first kappa shape index (κ1) is 27.1. The molecule has 4 aromatic rings. The Balaban J connectivity index is 1.42. The highest BCUT2D eigenvalue weighted by Crippen LogP contribution is 2.31. The van der Waals surface area contributed by atoms with Gasteiger partial charge in [-0.2, -0.15) is 5.10 Å². The van der Waals surface area contributed by atoms with Gasteiger partial charge in [0.05, 0.1) is 40.5 Å². The molecule has 11 nitrogen and oxygen atoms in total. The predicted octanol–water partition coefficient (Wildman–Crippen LogP) is 3.43. The zero-order chi connectivity index (χ0) is 28.7. The Bertz CT molecular complexity index is 1640. The first-order chi connectivity index (χ1) is 19.8. The molecule has 1 amide bonds. The fraction of sp³-hybridized carbons (Fsp3) is 0.467. The van der Waals surface area contributed by atoms with Crippen LogP contribution in [0.25, 0.3) is 22.2 Å². The van der Waals surface area contributed by atoms with Crippen LogP contribution in [-0.4, -0.2) is 74.5 Å². The number of fused-ring (bicyclic) bond motifs is 7. The van der Waals surface area contributed by atoms with E-state index in [1.165, 1.54) is 10.3 Å². The van der Waals surface area contributed by atoms with Gasteiger partial charge in [-0.1, -0.05) is 6.92 Å². The summed E-state index contributed by atoms with van der Waals surface area (Å²) in [4.78, 5) is 36.5. The Labute approximate surface area is 239 Å². The minimum atomic E-state index is -0.328. The van der Waals surface area contributed by atoms with Crippen molar-refractivity contribution in [2.75, 3.05) is 50.1 Å². The summed E-state index contributed by atoms with van der Waals surface area (Å²) < 4.78 is 11.5. The number of piperazine rings is 1. The maximum Gasteiger partial charge on any atom is 0.259 e. The lowest BCUT2D eigenvalue weighted by molar-refractivity contribution is 0.102. The molecular formula is C30H38N8O3. The lowest BCUT2D eigenvalue weighted by Crippen LogP contribution is -2.44. The minimum Gasteiger partial charge on any atom is -0.477 e. The van der Waals surface area contributed by atoms with Gasteiger partial charge in [0, 0.05) is 58.2 Å². The molecule has 41 heavy (non-hydrogen) atoms. The molecule has 1 fully saturated rings. The summed E-state index contributed by atoms with van der Waals surface area (Å²) in [5.41, 5.74) is 4.12. The van der Waals surface area contributed by atoms with Crippen LogP contribution < -0.4 is 20.5 Å². The Morgan fingerprint density at radius 1 is 1.07 bits per heavy atom. The van der Waals surface area contributed by atoms with Gasteiger partial charge in [0.2, 0.25) is 11.8 Å². The molecule has 6 rings (SSSR count). The third-order valence-corrected chi connectivity index (χ3v) is 8.23. The Kier molecular flexibility index (Phi) is 7.29. The summed E-state index contributed by atoms with van der Waals surface area (Å²) in [5.74, 6) is 1.05. The molecule has 0 aliphatic carbocycles. The largest absolute Gasteiger partial charge is 0.477 e. The third kappa shape index (κ3) is 5.21. The Hall–Kier alpha value is -4.12. The van der Waals surface area contributed by atoms with E-state index in [0.717, 1.165) is 50.1 Å². The molecule has 0 unspecified atom stereocenters.